The number of benzene rings is 1. The molecule has 0 saturated carbocycles. The molecule has 8 heteroatoms. The van der Waals surface area contributed by atoms with Crippen molar-refractivity contribution < 1.29 is 17.7 Å². The van der Waals surface area contributed by atoms with E-state index in [2.05, 4.69) is 15.1 Å². The van der Waals surface area contributed by atoms with Gasteiger partial charge in [0.25, 0.3) is 5.89 Å². The lowest BCUT2D eigenvalue weighted by Crippen LogP contribution is -1.92. The van der Waals surface area contributed by atoms with Gasteiger partial charge in [-0.2, -0.15) is 4.98 Å². The normalized spacial score (nSPS) is 10.8. The highest BCUT2D eigenvalue weighted by Gasteiger charge is 2.16. The summed E-state index contributed by atoms with van der Waals surface area (Å²) in [6, 6.07) is 3.12. The minimum absolute atomic E-state index is 0.0433. The van der Waals surface area contributed by atoms with E-state index in [4.69, 9.17) is 10.3 Å². The Hall–Kier alpha value is -2.90. The van der Waals surface area contributed by atoms with Crippen LogP contribution >= 0.6 is 0 Å². The predicted octanol–water partition coefficient (Wildman–Crippen LogP) is 2.80. The number of nitrogens with zero attached hydrogens (tertiary/aromatic N) is 3. The lowest BCUT2D eigenvalue weighted by atomic mass is 10.2. The van der Waals surface area contributed by atoms with Crippen LogP contribution in [0.25, 0.3) is 22.8 Å². The predicted molar refractivity (Wildman–Crippen MR) is 67.3 cm³/mol. The van der Waals surface area contributed by atoms with Gasteiger partial charge in [-0.25, -0.2) is 13.2 Å². The smallest absolute Gasteiger partial charge is 0.259 e. The molecule has 0 spiro atoms. The number of halogens is 3. The fourth-order valence-electron chi connectivity index (χ4n) is 1.72. The molecule has 0 radical (unpaired) electrons. The summed E-state index contributed by atoms with van der Waals surface area (Å²) < 4.78 is 44.2. The van der Waals surface area contributed by atoms with E-state index in [1.807, 2.05) is 0 Å². The Kier molecular flexibility index (Phi) is 3.05. The second kappa shape index (κ2) is 4.89. The molecule has 0 aliphatic rings. The Morgan fingerprint density at radius 3 is 2.33 bits per heavy atom. The minimum Gasteiger partial charge on any atom is -0.397 e. The summed E-state index contributed by atoms with van der Waals surface area (Å²) in [5.41, 5.74) is 6.38. The molecular weight excluding hydrogens is 285 g/mol. The lowest BCUT2D eigenvalue weighted by molar-refractivity contribution is 0.431. The molecule has 0 atom stereocenters. The standard InChI is InChI=1S/C13H7F3N4O/c14-9-2-6(3-10(15)11(9)16)12-19-13(21-20-12)7-1-8(17)5-18-4-7/h1-5H,17H2. The summed E-state index contributed by atoms with van der Waals surface area (Å²) in [6.45, 7) is 0. The van der Waals surface area contributed by atoms with Gasteiger partial charge in [0, 0.05) is 18.0 Å². The number of nitrogen functional groups attached to an aromatic ring is 1. The van der Waals surface area contributed by atoms with Gasteiger partial charge in [-0.05, 0) is 18.2 Å². The van der Waals surface area contributed by atoms with Crippen molar-refractivity contribution in [1.29, 1.82) is 0 Å². The highest BCUT2D eigenvalue weighted by molar-refractivity contribution is 5.61. The van der Waals surface area contributed by atoms with Crippen LogP contribution in [0.4, 0.5) is 18.9 Å². The number of anilines is 1. The summed E-state index contributed by atoms with van der Waals surface area (Å²) in [7, 11) is 0. The lowest BCUT2D eigenvalue weighted by Gasteiger charge is -1.98. The van der Waals surface area contributed by atoms with Crippen LogP contribution in [0.15, 0.2) is 35.1 Å². The van der Waals surface area contributed by atoms with Gasteiger partial charge in [0.1, 0.15) is 0 Å². The number of hydrogen-bond acceptors (Lipinski definition) is 5. The van der Waals surface area contributed by atoms with Crippen molar-refractivity contribution in [3.63, 3.8) is 0 Å². The molecule has 0 aliphatic heterocycles. The van der Waals surface area contributed by atoms with Crippen molar-refractivity contribution in [2.75, 3.05) is 5.73 Å². The molecule has 1 aromatic carbocycles. The third-order valence-electron chi connectivity index (χ3n) is 2.67. The molecule has 0 fully saturated rings. The van der Waals surface area contributed by atoms with Crippen LogP contribution in [-0.2, 0) is 0 Å². The largest absolute Gasteiger partial charge is 0.397 e. The first kappa shape index (κ1) is 13.1. The summed E-state index contributed by atoms with van der Waals surface area (Å²) in [4.78, 5) is 7.83. The fourth-order valence-corrected chi connectivity index (χ4v) is 1.72. The number of rotatable bonds is 2. The zero-order chi connectivity index (χ0) is 15.0. The maximum atomic E-state index is 13.2. The van der Waals surface area contributed by atoms with E-state index >= 15 is 0 Å². The molecule has 0 amide bonds. The molecule has 21 heavy (non-hydrogen) atoms. The van der Waals surface area contributed by atoms with Crippen LogP contribution in [0.5, 0.6) is 0 Å². The molecule has 0 aliphatic carbocycles. The van der Waals surface area contributed by atoms with Crippen molar-refractivity contribution in [2.45, 2.75) is 0 Å². The monoisotopic (exact) mass is 292 g/mol. The Balaban J connectivity index is 2.02. The molecule has 3 aromatic rings. The van der Waals surface area contributed by atoms with Crippen LogP contribution in [0.1, 0.15) is 0 Å². The summed E-state index contributed by atoms with van der Waals surface area (Å²) in [5, 5.41) is 3.59. The van der Waals surface area contributed by atoms with Crippen LogP contribution < -0.4 is 5.73 Å². The molecular formula is C13H7F3N4O. The number of pyridine rings is 1. The highest BCUT2D eigenvalue weighted by Crippen LogP contribution is 2.25. The van der Waals surface area contributed by atoms with Gasteiger partial charge in [-0.15, -0.1) is 0 Å². The molecule has 5 nitrogen and oxygen atoms in total. The van der Waals surface area contributed by atoms with Crippen molar-refractivity contribution in [1.82, 2.24) is 15.1 Å². The minimum atomic E-state index is -1.55. The summed E-state index contributed by atoms with van der Waals surface area (Å²) in [5.74, 6) is -4.22. The Bertz CT molecular complexity index is 796. The van der Waals surface area contributed by atoms with E-state index in [1.165, 1.54) is 12.4 Å². The van der Waals surface area contributed by atoms with Crippen molar-refractivity contribution >= 4 is 5.69 Å². The average molecular weight is 292 g/mol. The zero-order valence-electron chi connectivity index (χ0n) is 10.3. The number of aromatic nitrogens is 3. The Labute approximate surface area is 116 Å². The SMILES string of the molecule is Nc1cncc(-c2nc(-c3cc(F)c(F)c(F)c3)no2)c1. The fraction of sp³-hybridized carbons (Fsp3) is 0. The second-order valence-corrected chi connectivity index (χ2v) is 4.18. The number of hydrogen-bond donors (Lipinski definition) is 1. The summed E-state index contributed by atoms with van der Waals surface area (Å²) >= 11 is 0. The van der Waals surface area contributed by atoms with Crippen LogP contribution in [0.3, 0.4) is 0 Å². The van der Waals surface area contributed by atoms with E-state index in [1.54, 1.807) is 6.07 Å². The van der Waals surface area contributed by atoms with Crippen LogP contribution in [0, 0.1) is 17.5 Å². The maximum absolute atomic E-state index is 13.2. The molecule has 0 saturated heterocycles. The molecule has 3 rings (SSSR count). The first-order valence-corrected chi connectivity index (χ1v) is 5.74. The van der Waals surface area contributed by atoms with E-state index in [9.17, 15) is 13.2 Å². The molecule has 0 bridgehead atoms. The molecule has 2 heterocycles. The van der Waals surface area contributed by atoms with E-state index in [0.29, 0.717) is 11.3 Å². The van der Waals surface area contributed by atoms with Crippen molar-refractivity contribution in [2.24, 2.45) is 0 Å². The maximum Gasteiger partial charge on any atom is 0.259 e. The average Bonchev–Trinajstić information content (AvgIpc) is 2.94. The highest BCUT2D eigenvalue weighted by atomic mass is 19.2. The molecule has 0 unspecified atom stereocenters. The van der Waals surface area contributed by atoms with Crippen LogP contribution in [-0.4, -0.2) is 15.1 Å². The third kappa shape index (κ3) is 2.42. The molecule has 2 aromatic heterocycles. The van der Waals surface area contributed by atoms with E-state index in [0.717, 1.165) is 12.1 Å². The summed E-state index contributed by atoms with van der Waals surface area (Å²) in [6.07, 6.45) is 2.88. The van der Waals surface area contributed by atoms with Gasteiger partial charge in [-0.1, -0.05) is 5.16 Å². The van der Waals surface area contributed by atoms with Crippen LogP contribution in [0.2, 0.25) is 0 Å². The third-order valence-corrected chi connectivity index (χ3v) is 2.67. The van der Waals surface area contributed by atoms with Crippen molar-refractivity contribution in [3.8, 4) is 22.8 Å². The molecule has 106 valence electrons. The van der Waals surface area contributed by atoms with Gasteiger partial charge in [0.05, 0.1) is 11.3 Å². The van der Waals surface area contributed by atoms with Gasteiger partial charge in [0.2, 0.25) is 5.82 Å². The number of nitrogens with two attached hydrogens (primary N) is 1. The van der Waals surface area contributed by atoms with Crippen molar-refractivity contribution in [3.05, 3.63) is 48.0 Å². The topological polar surface area (TPSA) is 77.8 Å². The first-order chi connectivity index (χ1) is 10.0. The van der Waals surface area contributed by atoms with Gasteiger partial charge in [0.15, 0.2) is 17.5 Å². The zero-order valence-corrected chi connectivity index (χ0v) is 10.3. The second-order valence-electron chi connectivity index (χ2n) is 4.18. The van der Waals surface area contributed by atoms with E-state index < -0.39 is 17.5 Å². The Morgan fingerprint density at radius 1 is 0.952 bits per heavy atom. The first-order valence-electron chi connectivity index (χ1n) is 5.74. The molecule has 2 N–H and O–H groups in total. The van der Waals surface area contributed by atoms with Gasteiger partial charge < -0.3 is 10.3 Å². The Morgan fingerprint density at radius 2 is 1.67 bits per heavy atom. The quantitative estimate of drug-likeness (QED) is 0.735. The van der Waals surface area contributed by atoms with Gasteiger partial charge in [-0.3, -0.25) is 4.98 Å². The van der Waals surface area contributed by atoms with E-state index in [-0.39, 0.29) is 17.3 Å². The van der Waals surface area contributed by atoms with Gasteiger partial charge >= 0.3 is 0 Å².